The van der Waals surface area contributed by atoms with Crippen LogP contribution in [0.25, 0.3) is 11.0 Å². The molecule has 4 rings (SSSR count). The molecule has 1 amide bonds. The van der Waals surface area contributed by atoms with Crippen molar-refractivity contribution in [2.45, 2.75) is 26.5 Å². The maximum Gasteiger partial charge on any atom is 0.287 e. The van der Waals surface area contributed by atoms with Gasteiger partial charge in [-0.2, -0.15) is 0 Å². The zero-order valence-electron chi connectivity index (χ0n) is 16.7. The van der Waals surface area contributed by atoms with Gasteiger partial charge in [-0.3, -0.25) is 9.78 Å². The van der Waals surface area contributed by atoms with Gasteiger partial charge in [0, 0.05) is 17.1 Å². The van der Waals surface area contributed by atoms with Gasteiger partial charge in [-0.1, -0.05) is 18.2 Å². The van der Waals surface area contributed by atoms with Crippen molar-refractivity contribution in [3.63, 3.8) is 0 Å². The topological polar surface area (TPSA) is 64.4 Å². The first-order valence-electron chi connectivity index (χ1n) is 9.63. The summed E-state index contributed by atoms with van der Waals surface area (Å²) in [7, 11) is 0. The van der Waals surface area contributed by atoms with Gasteiger partial charge in [-0.15, -0.1) is 0 Å². The number of hydrogen-bond acceptors (Lipinski definition) is 4. The number of halogens is 1. The van der Waals surface area contributed by atoms with Crippen molar-refractivity contribution in [3.8, 4) is 5.75 Å². The van der Waals surface area contributed by atoms with Crippen molar-refractivity contribution >= 4 is 16.9 Å². The Labute approximate surface area is 173 Å². The van der Waals surface area contributed by atoms with Gasteiger partial charge in [0.25, 0.3) is 5.91 Å². The van der Waals surface area contributed by atoms with Gasteiger partial charge in [0.15, 0.2) is 5.76 Å². The molecule has 0 spiro atoms. The van der Waals surface area contributed by atoms with Crippen LogP contribution in [-0.2, 0) is 6.61 Å². The summed E-state index contributed by atoms with van der Waals surface area (Å²) >= 11 is 0. The lowest BCUT2D eigenvalue weighted by atomic mass is 10.1. The van der Waals surface area contributed by atoms with Crippen LogP contribution >= 0.6 is 0 Å². The molecule has 0 aliphatic carbocycles. The molecule has 0 aliphatic rings. The lowest BCUT2D eigenvalue weighted by Gasteiger charge is -2.15. The van der Waals surface area contributed by atoms with Gasteiger partial charge >= 0.3 is 0 Å². The summed E-state index contributed by atoms with van der Waals surface area (Å²) in [5, 5.41) is 3.53. The minimum Gasteiger partial charge on any atom is -0.487 e. The third kappa shape index (κ3) is 4.17. The van der Waals surface area contributed by atoms with Crippen LogP contribution in [0.5, 0.6) is 5.75 Å². The van der Waals surface area contributed by atoms with E-state index in [4.69, 9.17) is 9.15 Å². The molecule has 0 aliphatic heterocycles. The number of carbonyl (C=O) groups is 1. The molecule has 152 valence electrons. The van der Waals surface area contributed by atoms with Crippen LogP contribution < -0.4 is 10.1 Å². The molecular formula is C24H21FN2O3. The Morgan fingerprint density at radius 2 is 2.03 bits per heavy atom. The molecule has 2 aromatic heterocycles. The average Bonchev–Trinajstić information content (AvgIpc) is 3.09. The molecule has 2 aromatic carbocycles. The van der Waals surface area contributed by atoms with Gasteiger partial charge in [0.1, 0.15) is 23.8 Å². The fraction of sp³-hybridized carbons (Fsp3) is 0.167. The van der Waals surface area contributed by atoms with Crippen molar-refractivity contribution in [2.75, 3.05) is 0 Å². The minimum absolute atomic E-state index is 0.185. The lowest BCUT2D eigenvalue weighted by Crippen LogP contribution is -2.26. The smallest absolute Gasteiger partial charge is 0.287 e. The third-order valence-corrected chi connectivity index (χ3v) is 4.92. The van der Waals surface area contributed by atoms with Crippen LogP contribution in [0.15, 0.2) is 71.3 Å². The second-order valence-electron chi connectivity index (χ2n) is 7.07. The molecular weight excluding hydrogens is 383 g/mol. The van der Waals surface area contributed by atoms with Crippen LogP contribution in [0.1, 0.15) is 40.3 Å². The van der Waals surface area contributed by atoms with Gasteiger partial charge in [-0.25, -0.2) is 4.39 Å². The molecule has 4 aromatic rings. The van der Waals surface area contributed by atoms with E-state index in [9.17, 15) is 9.18 Å². The molecule has 30 heavy (non-hydrogen) atoms. The molecule has 0 saturated carbocycles. The number of fused-ring (bicyclic) bond motifs is 1. The number of nitrogens with zero attached hydrogens (tertiary/aromatic N) is 1. The fourth-order valence-corrected chi connectivity index (χ4v) is 3.27. The van der Waals surface area contributed by atoms with Gasteiger partial charge in [0.05, 0.1) is 11.7 Å². The van der Waals surface area contributed by atoms with Crippen LogP contribution in [0.2, 0.25) is 0 Å². The van der Waals surface area contributed by atoms with E-state index in [-0.39, 0.29) is 23.5 Å². The highest BCUT2D eigenvalue weighted by molar-refractivity contribution is 5.99. The molecule has 1 unspecified atom stereocenters. The monoisotopic (exact) mass is 404 g/mol. The Balaban J connectivity index is 1.46. The van der Waals surface area contributed by atoms with Gasteiger partial charge in [0.2, 0.25) is 0 Å². The zero-order chi connectivity index (χ0) is 21.1. The summed E-state index contributed by atoms with van der Waals surface area (Å²) in [4.78, 5) is 17.0. The second-order valence-corrected chi connectivity index (χ2v) is 7.07. The van der Waals surface area contributed by atoms with Crippen LogP contribution in [0.4, 0.5) is 4.39 Å². The molecule has 0 radical (unpaired) electrons. The highest BCUT2D eigenvalue weighted by atomic mass is 19.1. The Hall–Kier alpha value is -3.67. The van der Waals surface area contributed by atoms with Crippen molar-refractivity contribution in [2.24, 2.45) is 0 Å². The normalized spacial score (nSPS) is 12.0. The predicted octanol–water partition coefficient (Wildman–Crippen LogP) is 5.35. The summed E-state index contributed by atoms with van der Waals surface area (Å²) in [6, 6.07) is 17.1. The number of furan rings is 1. The van der Waals surface area contributed by atoms with Crippen molar-refractivity contribution < 1.29 is 18.3 Å². The van der Waals surface area contributed by atoms with E-state index >= 15 is 0 Å². The molecule has 1 N–H and O–H groups in total. The number of benzene rings is 2. The predicted molar refractivity (Wildman–Crippen MR) is 112 cm³/mol. The number of amides is 1. The number of pyridine rings is 1. The summed E-state index contributed by atoms with van der Waals surface area (Å²) in [6.07, 6.45) is 1.72. The lowest BCUT2D eigenvalue weighted by molar-refractivity contribution is 0.0913. The Morgan fingerprint density at radius 1 is 1.17 bits per heavy atom. The first-order chi connectivity index (χ1) is 14.5. The van der Waals surface area contributed by atoms with Crippen molar-refractivity contribution in [1.82, 2.24) is 10.3 Å². The molecule has 0 saturated heterocycles. The molecule has 5 nitrogen and oxygen atoms in total. The van der Waals surface area contributed by atoms with E-state index in [0.717, 1.165) is 11.3 Å². The van der Waals surface area contributed by atoms with Crippen LogP contribution in [-0.4, -0.2) is 10.9 Å². The minimum atomic E-state index is -0.366. The molecule has 6 heteroatoms. The van der Waals surface area contributed by atoms with Gasteiger partial charge < -0.3 is 14.5 Å². The second kappa shape index (κ2) is 8.37. The molecule has 0 fully saturated rings. The number of nitrogens with one attached hydrogen (secondary N) is 1. The van der Waals surface area contributed by atoms with E-state index < -0.39 is 0 Å². The molecule has 0 bridgehead atoms. The Bertz CT molecular complexity index is 1190. The summed E-state index contributed by atoms with van der Waals surface area (Å²) in [5.74, 6) is 0.158. The number of hydrogen-bond donors (Lipinski definition) is 1. The zero-order valence-corrected chi connectivity index (χ0v) is 16.7. The largest absolute Gasteiger partial charge is 0.487 e. The van der Waals surface area contributed by atoms with E-state index in [1.54, 1.807) is 13.1 Å². The third-order valence-electron chi connectivity index (χ3n) is 4.92. The summed E-state index contributed by atoms with van der Waals surface area (Å²) in [6.45, 7) is 3.99. The Kier molecular flexibility index (Phi) is 5.48. The van der Waals surface area contributed by atoms with Crippen LogP contribution in [0, 0.1) is 12.7 Å². The number of aromatic nitrogens is 1. The number of ether oxygens (including phenoxy) is 1. The number of aryl methyl sites for hydroxylation is 1. The van der Waals surface area contributed by atoms with Crippen molar-refractivity contribution in [1.29, 1.82) is 0 Å². The summed E-state index contributed by atoms with van der Waals surface area (Å²) in [5.41, 5.74) is 2.82. The first-order valence-corrected chi connectivity index (χ1v) is 9.63. The maximum absolute atomic E-state index is 13.5. The van der Waals surface area contributed by atoms with E-state index in [1.807, 2.05) is 49.4 Å². The summed E-state index contributed by atoms with van der Waals surface area (Å²) < 4.78 is 25.0. The first kappa shape index (κ1) is 19.6. The van der Waals surface area contributed by atoms with Gasteiger partial charge in [-0.05, 0) is 61.9 Å². The maximum atomic E-state index is 13.5. The fourth-order valence-electron chi connectivity index (χ4n) is 3.27. The van der Waals surface area contributed by atoms with E-state index in [1.165, 1.54) is 18.2 Å². The van der Waals surface area contributed by atoms with E-state index in [2.05, 4.69) is 10.3 Å². The average molecular weight is 404 g/mol. The number of carbonyl (C=O) groups excluding carboxylic acids is 1. The quantitative estimate of drug-likeness (QED) is 0.471. The van der Waals surface area contributed by atoms with E-state index in [0.29, 0.717) is 28.9 Å². The number of rotatable bonds is 6. The SMILES string of the molecule is Cc1c(C(=O)NC(C)c2cccc(OCc3ccccn3)c2)oc2ccc(F)cc12. The molecule has 2 heterocycles. The Morgan fingerprint density at radius 3 is 2.83 bits per heavy atom. The standard InChI is InChI=1S/C24H21FN2O3/c1-15-21-13-18(25)9-10-22(21)30-23(15)24(28)27-16(2)17-6-5-8-20(12-17)29-14-19-7-3-4-11-26-19/h3-13,16H,14H2,1-2H3,(H,27,28). The molecule has 1 atom stereocenters. The highest BCUT2D eigenvalue weighted by Gasteiger charge is 2.20. The highest BCUT2D eigenvalue weighted by Crippen LogP contribution is 2.27. The van der Waals surface area contributed by atoms with Crippen LogP contribution in [0.3, 0.4) is 0 Å². The van der Waals surface area contributed by atoms with Crippen molar-refractivity contribution in [3.05, 3.63) is 95.3 Å².